The number of ether oxygens (including phenoxy) is 3. The van der Waals surface area contributed by atoms with Crippen molar-refractivity contribution in [2.24, 2.45) is 5.92 Å². The first-order valence-electron chi connectivity index (χ1n) is 8.74. The fraction of sp³-hybridized carbons (Fsp3) is 0.286. The molecule has 0 spiro atoms. The van der Waals surface area contributed by atoms with E-state index in [0.29, 0.717) is 17.4 Å². The normalized spacial score (nSPS) is 15.8. The lowest BCUT2D eigenvalue weighted by atomic mass is 9.96. The van der Waals surface area contributed by atoms with Crippen molar-refractivity contribution >= 4 is 16.6 Å². The number of nitrogens with one attached hydrogen (secondary N) is 1. The molecule has 5 heteroatoms. The minimum absolute atomic E-state index is 0.424. The lowest BCUT2D eigenvalue weighted by Crippen LogP contribution is -2.27. The summed E-state index contributed by atoms with van der Waals surface area (Å²) in [4.78, 5) is 4.45. The molecule has 0 aliphatic carbocycles. The van der Waals surface area contributed by atoms with E-state index < -0.39 is 0 Å². The van der Waals surface area contributed by atoms with Gasteiger partial charge in [-0.1, -0.05) is 18.2 Å². The summed E-state index contributed by atoms with van der Waals surface area (Å²) in [5, 5.41) is 4.58. The number of hydrogen-bond acceptors (Lipinski definition) is 5. The van der Waals surface area contributed by atoms with Gasteiger partial charge in [0.15, 0.2) is 11.5 Å². The van der Waals surface area contributed by atoms with Gasteiger partial charge in [-0.2, -0.15) is 0 Å². The molecule has 1 unspecified atom stereocenters. The van der Waals surface area contributed by atoms with Gasteiger partial charge in [-0.25, -0.2) is 0 Å². The Morgan fingerprint density at radius 1 is 1.12 bits per heavy atom. The summed E-state index contributed by atoms with van der Waals surface area (Å²) in [6, 6.07) is 14.1. The number of anilines is 1. The molecule has 1 aromatic heterocycles. The second kappa shape index (κ2) is 7.12. The Morgan fingerprint density at radius 3 is 2.77 bits per heavy atom. The number of aromatic nitrogens is 1. The Morgan fingerprint density at radius 2 is 1.92 bits per heavy atom. The lowest BCUT2D eigenvalue weighted by Gasteiger charge is -2.26. The summed E-state index contributed by atoms with van der Waals surface area (Å²) in [6.07, 6.45) is 2.83. The van der Waals surface area contributed by atoms with Gasteiger partial charge >= 0.3 is 0 Å². The van der Waals surface area contributed by atoms with Crippen LogP contribution >= 0.6 is 0 Å². The van der Waals surface area contributed by atoms with Crippen molar-refractivity contribution in [3.05, 3.63) is 54.2 Å². The quantitative estimate of drug-likeness (QED) is 0.756. The zero-order valence-corrected chi connectivity index (χ0v) is 15.0. The van der Waals surface area contributed by atoms with Crippen molar-refractivity contribution in [2.75, 3.05) is 32.7 Å². The van der Waals surface area contributed by atoms with E-state index in [2.05, 4.69) is 22.4 Å². The van der Waals surface area contributed by atoms with Crippen LogP contribution in [0.2, 0.25) is 0 Å². The van der Waals surface area contributed by atoms with Crippen LogP contribution in [0.25, 0.3) is 10.9 Å². The van der Waals surface area contributed by atoms with Crippen LogP contribution in [0.3, 0.4) is 0 Å². The molecule has 0 saturated carbocycles. The molecular weight excluding hydrogens is 328 g/mol. The smallest absolute Gasteiger partial charge is 0.162 e. The Balaban J connectivity index is 1.54. The molecule has 1 aliphatic rings. The molecule has 2 aromatic carbocycles. The summed E-state index contributed by atoms with van der Waals surface area (Å²) in [5.41, 5.74) is 3.18. The standard InChI is InChI=1S/C21H22N2O3/c1-24-20-10-16-17(7-8-22-18(16)11-21(20)25-2)23-12-14-9-15-5-3-4-6-19(15)26-13-14/h3-8,10-11,14H,9,12-13H2,1-2H3,(H,22,23). The minimum atomic E-state index is 0.424. The molecule has 5 nitrogen and oxygen atoms in total. The van der Waals surface area contributed by atoms with Gasteiger partial charge in [0.2, 0.25) is 0 Å². The van der Waals surface area contributed by atoms with Gasteiger partial charge in [0.05, 0.1) is 26.3 Å². The van der Waals surface area contributed by atoms with Crippen LogP contribution < -0.4 is 19.5 Å². The third-order valence-electron chi connectivity index (χ3n) is 4.78. The van der Waals surface area contributed by atoms with Crippen LogP contribution in [0.15, 0.2) is 48.7 Å². The highest BCUT2D eigenvalue weighted by Gasteiger charge is 2.19. The minimum Gasteiger partial charge on any atom is -0.493 e. The number of nitrogens with zero attached hydrogens (tertiary/aromatic N) is 1. The molecule has 0 bridgehead atoms. The predicted octanol–water partition coefficient (Wildman–Crippen LogP) is 3.92. The summed E-state index contributed by atoms with van der Waals surface area (Å²) in [5.74, 6) is 2.82. The molecule has 26 heavy (non-hydrogen) atoms. The first-order chi connectivity index (χ1) is 12.8. The summed E-state index contributed by atoms with van der Waals surface area (Å²) in [7, 11) is 3.27. The van der Waals surface area contributed by atoms with Crippen LogP contribution in [0.1, 0.15) is 5.56 Å². The fourth-order valence-corrected chi connectivity index (χ4v) is 3.40. The van der Waals surface area contributed by atoms with Crippen LogP contribution in [0, 0.1) is 5.92 Å². The summed E-state index contributed by atoms with van der Waals surface area (Å²) < 4.78 is 16.7. The number of benzene rings is 2. The van der Waals surface area contributed by atoms with Crippen molar-refractivity contribution in [3.8, 4) is 17.2 Å². The van der Waals surface area contributed by atoms with Gasteiger partial charge in [0.25, 0.3) is 0 Å². The molecule has 1 N–H and O–H groups in total. The van der Waals surface area contributed by atoms with Crippen molar-refractivity contribution < 1.29 is 14.2 Å². The van der Waals surface area contributed by atoms with Crippen LogP contribution in [-0.2, 0) is 6.42 Å². The number of para-hydroxylation sites is 1. The van der Waals surface area contributed by atoms with Gasteiger partial charge in [-0.3, -0.25) is 4.98 Å². The summed E-state index contributed by atoms with van der Waals surface area (Å²) >= 11 is 0. The summed E-state index contributed by atoms with van der Waals surface area (Å²) in [6.45, 7) is 1.56. The van der Waals surface area contributed by atoms with Crippen LogP contribution in [0.5, 0.6) is 17.2 Å². The molecule has 2 heterocycles. The molecule has 4 rings (SSSR count). The van der Waals surface area contributed by atoms with Crippen molar-refractivity contribution in [3.63, 3.8) is 0 Å². The molecular formula is C21H22N2O3. The van der Waals surface area contributed by atoms with E-state index in [1.807, 2.05) is 36.5 Å². The van der Waals surface area contributed by atoms with E-state index in [-0.39, 0.29) is 0 Å². The second-order valence-corrected chi connectivity index (χ2v) is 6.45. The highest BCUT2D eigenvalue weighted by atomic mass is 16.5. The number of hydrogen-bond donors (Lipinski definition) is 1. The molecule has 0 radical (unpaired) electrons. The highest BCUT2D eigenvalue weighted by molar-refractivity contribution is 5.93. The van der Waals surface area contributed by atoms with E-state index >= 15 is 0 Å². The first-order valence-corrected chi connectivity index (χ1v) is 8.74. The number of methoxy groups -OCH3 is 2. The van der Waals surface area contributed by atoms with Crippen LogP contribution in [-0.4, -0.2) is 32.4 Å². The lowest BCUT2D eigenvalue weighted by molar-refractivity contribution is 0.229. The molecule has 0 saturated heterocycles. The fourth-order valence-electron chi connectivity index (χ4n) is 3.40. The van der Waals surface area contributed by atoms with E-state index in [4.69, 9.17) is 14.2 Å². The van der Waals surface area contributed by atoms with E-state index in [0.717, 1.165) is 41.9 Å². The largest absolute Gasteiger partial charge is 0.493 e. The molecule has 134 valence electrons. The Kier molecular flexibility index (Phi) is 4.52. The molecule has 3 aromatic rings. The Bertz CT molecular complexity index is 926. The zero-order valence-electron chi connectivity index (χ0n) is 15.0. The maximum Gasteiger partial charge on any atom is 0.162 e. The average molecular weight is 350 g/mol. The predicted molar refractivity (Wildman–Crippen MR) is 102 cm³/mol. The monoisotopic (exact) mass is 350 g/mol. The highest BCUT2D eigenvalue weighted by Crippen LogP contribution is 2.34. The Hall–Kier alpha value is -2.95. The maximum atomic E-state index is 5.89. The molecule has 0 fully saturated rings. The van der Waals surface area contributed by atoms with Crippen LogP contribution in [0.4, 0.5) is 5.69 Å². The van der Waals surface area contributed by atoms with Gasteiger partial charge < -0.3 is 19.5 Å². The number of rotatable bonds is 5. The Labute approximate surface area is 152 Å². The van der Waals surface area contributed by atoms with E-state index in [9.17, 15) is 0 Å². The third-order valence-corrected chi connectivity index (χ3v) is 4.78. The maximum absolute atomic E-state index is 5.89. The third kappa shape index (κ3) is 3.12. The number of pyridine rings is 1. The first kappa shape index (κ1) is 16.5. The zero-order chi connectivity index (χ0) is 17.9. The van der Waals surface area contributed by atoms with Gasteiger partial charge in [0.1, 0.15) is 5.75 Å². The molecule has 0 amide bonds. The number of fused-ring (bicyclic) bond motifs is 2. The van der Waals surface area contributed by atoms with Crippen molar-refractivity contribution in [1.29, 1.82) is 0 Å². The molecule has 1 atom stereocenters. The SMILES string of the molecule is COc1cc2nccc(NCC3COc4ccccc4C3)c2cc1OC. The molecule has 1 aliphatic heterocycles. The van der Waals surface area contributed by atoms with Crippen molar-refractivity contribution in [2.45, 2.75) is 6.42 Å². The van der Waals surface area contributed by atoms with E-state index in [1.54, 1.807) is 14.2 Å². The topological polar surface area (TPSA) is 52.6 Å². The second-order valence-electron chi connectivity index (χ2n) is 6.45. The van der Waals surface area contributed by atoms with Gasteiger partial charge in [-0.15, -0.1) is 0 Å². The van der Waals surface area contributed by atoms with Crippen molar-refractivity contribution in [1.82, 2.24) is 4.98 Å². The van der Waals surface area contributed by atoms with Gasteiger partial charge in [-0.05, 0) is 30.2 Å². The average Bonchev–Trinajstić information content (AvgIpc) is 2.70. The van der Waals surface area contributed by atoms with E-state index in [1.165, 1.54) is 5.56 Å². The van der Waals surface area contributed by atoms with Gasteiger partial charge in [0, 0.05) is 35.8 Å².